The number of nitrogens with one attached hydrogen (secondary N) is 1. The lowest BCUT2D eigenvalue weighted by Gasteiger charge is -2.32. The van der Waals surface area contributed by atoms with E-state index in [1.807, 2.05) is 6.07 Å². The van der Waals surface area contributed by atoms with Crippen molar-refractivity contribution in [2.75, 3.05) is 13.1 Å². The molecule has 152 valence electrons. The van der Waals surface area contributed by atoms with Crippen molar-refractivity contribution in [2.45, 2.75) is 18.9 Å². The quantitative estimate of drug-likeness (QED) is 0.662. The molecule has 0 aliphatic carbocycles. The highest BCUT2D eigenvalue weighted by Crippen LogP contribution is 2.18. The molecule has 1 fully saturated rings. The smallest absolute Gasteiger partial charge is 0.289 e. The molecule has 30 heavy (non-hydrogen) atoms. The third-order valence-electron chi connectivity index (χ3n) is 5.30. The van der Waals surface area contributed by atoms with Crippen LogP contribution in [0.5, 0.6) is 0 Å². The standard InChI is InChI=1S/C24H22N2O4/c27-22(17-7-2-1-3-8-17)19-9-4-5-10-20(19)23(28)25-18-12-14-26(15-13-18)24(29)21-11-6-16-30-21/h1-11,16,18H,12-15H2,(H,25,28). The van der Waals surface area contributed by atoms with Crippen LogP contribution >= 0.6 is 0 Å². The lowest BCUT2D eigenvalue weighted by atomic mass is 9.97. The molecule has 1 aliphatic heterocycles. The number of benzene rings is 2. The molecule has 0 radical (unpaired) electrons. The second kappa shape index (κ2) is 8.78. The maximum absolute atomic E-state index is 12.9. The van der Waals surface area contributed by atoms with Gasteiger partial charge in [0.25, 0.3) is 11.8 Å². The summed E-state index contributed by atoms with van der Waals surface area (Å²) in [5.41, 5.74) is 1.29. The number of hydrogen-bond donors (Lipinski definition) is 1. The van der Waals surface area contributed by atoms with Crippen LogP contribution in [0.2, 0.25) is 0 Å². The summed E-state index contributed by atoms with van der Waals surface area (Å²) in [5, 5.41) is 3.02. The van der Waals surface area contributed by atoms with E-state index in [9.17, 15) is 14.4 Å². The number of ketones is 1. The molecule has 1 aliphatic rings. The number of furan rings is 1. The molecule has 0 spiro atoms. The van der Waals surface area contributed by atoms with E-state index < -0.39 is 0 Å². The minimum Gasteiger partial charge on any atom is -0.459 e. The molecule has 0 unspecified atom stereocenters. The Kier molecular flexibility index (Phi) is 5.75. The van der Waals surface area contributed by atoms with Crippen molar-refractivity contribution in [3.63, 3.8) is 0 Å². The summed E-state index contributed by atoms with van der Waals surface area (Å²) in [4.78, 5) is 39.9. The molecule has 1 saturated heterocycles. The Bertz CT molecular complexity index is 1040. The predicted octanol–water partition coefficient (Wildman–Crippen LogP) is 3.55. The van der Waals surface area contributed by atoms with Gasteiger partial charge in [0.15, 0.2) is 11.5 Å². The summed E-state index contributed by atoms with van der Waals surface area (Å²) in [6.07, 6.45) is 2.77. The first kappa shape index (κ1) is 19.6. The number of piperidine rings is 1. The van der Waals surface area contributed by atoms with Gasteiger partial charge in [0.2, 0.25) is 0 Å². The molecule has 0 atom stereocenters. The number of rotatable bonds is 5. The van der Waals surface area contributed by atoms with Crippen LogP contribution in [0.25, 0.3) is 0 Å². The number of carbonyl (C=O) groups is 3. The van der Waals surface area contributed by atoms with Crippen molar-refractivity contribution in [3.05, 3.63) is 95.4 Å². The van der Waals surface area contributed by atoms with Crippen molar-refractivity contribution in [2.24, 2.45) is 0 Å². The van der Waals surface area contributed by atoms with Crippen LogP contribution in [0, 0.1) is 0 Å². The Morgan fingerprint density at radius 2 is 1.50 bits per heavy atom. The second-order valence-corrected chi connectivity index (χ2v) is 7.26. The van der Waals surface area contributed by atoms with Gasteiger partial charge >= 0.3 is 0 Å². The molecular weight excluding hydrogens is 380 g/mol. The van der Waals surface area contributed by atoms with Crippen LogP contribution in [0.1, 0.15) is 49.7 Å². The van der Waals surface area contributed by atoms with Gasteiger partial charge in [-0.25, -0.2) is 0 Å². The molecule has 1 aromatic heterocycles. The van der Waals surface area contributed by atoms with Gasteiger partial charge in [0.1, 0.15) is 0 Å². The van der Waals surface area contributed by atoms with Crippen LogP contribution in [0.15, 0.2) is 77.4 Å². The van der Waals surface area contributed by atoms with Gasteiger partial charge in [-0.3, -0.25) is 14.4 Å². The third-order valence-corrected chi connectivity index (χ3v) is 5.30. The zero-order valence-corrected chi connectivity index (χ0v) is 16.4. The Hall–Kier alpha value is -3.67. The van der Waals surface area contributed by atoms with E-state index in [4.69, 9.17) is 4.42 Å². The molecule has 1 N–H and O–H groups in total. The van der Waals surface area contributed by atoms with Gasteiger partial charge in [-0.15, -0.1) is 0 Å². The lowest BCUT2D eigenvalue weighted by Crippen LogP contribution is -2.46. The molecule has 0 bridgehead atoms. The van der Waals surface area contributed by atoms with Gasteiger partial charge < -0.3 is 14.6 Å². The summed E-state index contributed by atoms with van der Waals surface area (Å²) in [7, 11) is 0. The second-order valence-electron chi connectivity index (χ2n) is 7.26. The summed E-state index contributed by atoms with van der Waals surface area (Å²) in [5.74, 6) is -0.264. The topological polar surface area (TPSA) is 79.6 Å². The van der Waals surface area contributed by atoms with E-state index in [2.05, 4.69) is 5.32 Å². The van der Waals surface area contributed by atoms with E-state index in [0.29, 0.717) is 48.4 Å². The van der Waals surface area contributed by atoms with Gasteiger partial charge in [0.05, 0.1) is 11.8 Å². The van der Waals surface area contributed by atoms with Crippen molar-refractivity contribution < 1.29 is 18.8 Å². The first-order valence-electron chi connectivity index (χ1n) is 9.96. The predicted molar refractivity (Wildman–Crippen MR) is 111 cm³/mol. The highest BCUT2D eigenvalue weighted by atomic mass is 16.3. The number of amides is 2. The first-order valence-corrected chi connectivity index (χ1v) is 9.96. The van der Waals surface area contributed by atoms with E-state index >= 15 is 0 Å². The number of likely N-dealkylation sites (tertiary alicyclic amines) is 1. The monoisotopic (exact) mass is 402 g/mol. The van der Waals surface area contributed by atoms with Crippen molar-refractivity contribution in [1.82, 2.24) is 10.2 Å². The zero-order valence-electron chi connectivity index (χ0n) is 16.4. The van der Waals surface area contributed by atoms with E-state index in [1.165, 1.54) is 6.26 Å². The molecule has 2 aromatic carbocycles. The third kappa shape index (κ3) is 4.17. The maximum Gasteiger partial charge on any atom is 0.289 e. The molecule has 6 nitrogen and oxygen atoms in total. The minimum atomic E-state index is -0.273. The zero-order chi connectivity index (χ0) is 20.9. The highest BCUT2D eigenvalue weighted by molar-refractivity contribution is 6.15. The summed E-state index contributed by atoms with van der Waals surface area (Å²) in [6, 6.07) is 19.1. The fourth-order valence-electron chi connectivity index (χ4n) is 3.67. The fraction of sp³-hybridized carbons (Fsp3) is 0.208. The molecule has 0 saturated carbocycles. The highest BCUT2D eigenvalue weighted by Gasteiger charge is 2.27. The Morgan fingerprint density at radius 3 is 2.17 bits per heavy atom. The Labute approximate surface area is 174 Å². The van der Waals surface area contributed by atoms with Gasteiger partial charge in [-0.1, -0.05) is 48.5 Å². The normalized spacial score (nSPS) is 14.3. The summed E-state index contributed by atoms with van der Waals surface area (Å²) >= 11 is 0. The lowest BCUT2D eigenvalue weighted by molar-refractivity contribution is 0.0666. The Morgan fingerprint density at radius 1 is 0.833 bits per heavy atom. The van der Waals surface area contributed by atoms with Gasteiger partial charge in [-0.05, 0) is 31.0 Å². The Balaban J connectivity index is 1.41. The first-order chi connectivity index (χ1) is 14.6. The molecule has 6 heteroatoms. The van der Waals surface area contributed by atoms with Crippen molar-refractivity contribution >= 4 is 17.6 Å². The summed E-state index contributed by atoms with van der Waals surface area (Å²) < 4.78 is 5.18. The van der Waals surface area contributed by atoms with Crippen LogP contribution in [-0.4, -0.2) is 41.6 Å². The minimum absolute atomic E-state index is 0.0574. The largest absolute Gasteiger partial charge is 0.459 e. The summed E-state index contributed by atoms with van der Waals surface area (Å²) in [6.45, 7) is 1.07. The SMILES string of the molecule is O=C(NC1CCN(C(=O)c2ccco2)CC1)c1ccccc1C(=O)c1ccccc1. The molecule has 4 rings (SSSR count). The average Bonchev–Trinajstić information content (AvgIpc) is 3.34. The van der Waals surface area contributed by atoms with Crippen LogP contribution < -0.4 is 5.32 Å². The molecule has 2 amide bonds. The van der Waals surface area contributed by atoms with Gasteiger partial charge in [0, 0.05) is 30.3 Å². The number of hydrogen-bond acceptors (Lipinski definition) is 4. The van der Waals surface area contributed by atoms with Crippen LogP contribution in [0.3, 0.4) is 0 Å². The molecule has 3 aromatic rings. The average molecular weight is 402 g/mol. The molecular formula is C24H22N2O4. The van der Waals surface area contributed by atoms with Crippen LogP contribution in [0.4, 0.5) is 0 Å². The van der Waals surface area contributed by atoms with E-state index in [-0.39, 0.29) is 23.6 Å². The van der Waals surface area contributed by atoms with E-state index in [0.717, 1.165) is 0 Å². The molecule has 2 heterocycles. The van der Waals surface area contributed by atoms with Crippen molar-refractivity contribution in [1.29, 1.82) is 0 Å². The van der Waals surface area contributed by atoms with Gasteiger partial charge in [-0.2, -0.15) is 0 Å². The maximum atomic E-state index is 12.9. The van der Waals surface area contributed by atoms with Crippen molar-refractivity contribution in [3.8, 4) is 0 Å². The fourth-order valence-corrected chi connectivity index (χ4v) is 3.67. The number of nitrogens with zero attached hydrogens (tertiary/aromatic N) is 1. The number of carbonyl (C=O) groups excluding carboxylic acids is 3. The van der Waals surface area contributed by atoms with E-state index in [1.54, 1.807) is 65.6 Å². The van der Waals surface area contributed by atoms with Crippen LogP contribution in [-0.2, 0) is 0 Å².